The second-order valence-corrected chi connectivity index (χ2v) is 9.90. The van der Waals surface area contributed by atoms with Gasteiger partial charge in [-0.05, 0) is 61.6 Å². The lowest BCUT2D eigenvalue weighted by molar-refractivity contribution is -0.116. The number of rotatable bonds is 12. The summed E-state index contributed by atoms with van der Waals surface area (Å²) in [5.41, 5.74) is 8.95. The van der Waals surface area contributed by atoms with E-state index in [9.17, 15) is 4.79 Å². The molecule has 1 fully saturated rings. The standard InChI is InChI=1S/C29H40N3O5/c1-20(29(30)33)15-23-17-25(22-6-8-24(35-3)9-7-22)28(18-31-23)37-19-21-5-10-27-26(16-21)32(12-14-36-27)11-4-13-34-2/h5-10,16,23,25,28,31H,4,11-15,17-19H2,1-3H3,(H2,30,33)/t23-,25+,28-/m0/s1. The van der Waals surface area contributed by atoms with Gasteiger partial charge in [0.2, 0.25) is 5.91 Å². The van der Waals surface area contributed by atoms with E-state index in [4.69, 9.17) is 24.7 Å². The van der Waals surface area contributed by atoms with Crippen LogP contribution in [0.1, 0.15) is 43.2 Å². The number of methoxy groups -OCH3 is 2. The summed E-state index contributed by atoms with van der Waals surface area (Å²) in [4.78, 5) is 14.0. The molecule has 3 atom stereocenters. The van der Waals surface area contributed by atoms with Crippen molar-refractivity contribution >= 4 is 11.6 Å². The zero-order chi connectivity index (χ0) is 26.2. The molecule has 2 aliphatic rings. The number of carbonyl (C=O) groups excluding carboxylic acids is 1. The number of hydrogen-bond donors (Lipinski definition) is 2. The average Bonchev–Trinajstić information content (AvgIpc) is 2.92. The lowest BCUT2D eigenvalue weighted by Gasteiger charge is -2.38. The predicted molar refractivity (Wildman–Crippen MR) is 144 cm³/mol. The van der Waals surface area contributed by atoms with Crippen LogP contribution in [-0.2, 0) is 20.9 Å². The Morgan fingerprint density at radius 2 is 2.00 bits per heavy atom. The number of hydrogen-bond acceptors (Lipinski definition) is 7. The van der Waals surface area contributed by atoms with Gasteiger partial charge in [-0.3, -0.25) is 4.79 Å². The monoisotopic (exact) mass is 510 g/mol. The maximum atomic E-state index is 11.6. The Morgan fingerprint density at radius 1 is 1.19 bits per heavy atom. The highest BCUT2D eigenvalue weighted by Gasteiger charge is 2.33. The van der Waals surface area contributed by atoms with Crippen LogP contribution in [0.15, 0.2) is 42.5 Å². The van der Waals surface area contributed by atoms with E-state index in [1.807, 2.05) is 19.1 Å². The van der Waals surface area contributed by atoms with Gasteiger partial charge in [0.05, 0.1) is 38.0 Å². The highest BCUT2D eigenvalue weighted by Crippen LogP contribution is 2.35. The Kier molecular flexibility index (Phi) is 9.66. The number of nitrogens with two attached hydrogens (primary N) is 1. The Bertz CT molecular complexity index is 1020. The topological polar surface area (TPSA) is 95.3 Å². The minimum absolute atomic E-state index is 0.0105. The fraction of sp³-hybridized carbons (Fsp3) is 0.517. The first kappa shape index (κ1) is 27.2. The van der Waals surface area contributed by atoms with E-state index in [-0.39, 0.29) is 24.0 Å². The van der Waals surface area contributed by atoms with Gasteiger partial charge in [-0.15, -0.1) is 0 Å². The molecule has 2 aromatic carbocycles. The van der Waals surface area contributed by atoms with Gasteiger partial charge in [0, 0.05) is 38.8 Å². The molecule has 3 N–H and O–H groups in total. The summed E-state index contributed by atoms with van der Waals surface area (Å²) in [6, 6.07) is 14.7. The minimum Gasteiger partial charge on any atom is -0.497 e. The van der Waals surface area contributed by atoms with E-state index in [1.165, 1.54) is 5.56 Å². The van der Waals surface area contributed by atoms with Crippen LogP contribution in [0.5, 0.6) is 11.5 Å². The van der Waals surface area contributed by atoms with Crippen molar-refractivity contribution < 1.29 is 23.7 Å². The molecular weight excluding hydrogens is 470 g/mol. The van der Waals surface area contributed by atoms with E-state index in [0.29, 0.717) is 32.1 Å². The second-order valence-electron chi connectivity index (χ2n) is 9.90. The van der Waals surface area contributed by atoms with E-state index in [0.717, 1.165) is 55.3 Å². The first-order chi connectivity index (χ1) is 18.0. The maximum Gasteiger partial charge on any atom is 0.224 e. The number of anilines is 1. The minimum atomic E-state index is -0.339. The largest absolute Gasteiger partial charge is 0.497 e. The van der Waals surface area contributed by atoms with Crippen LogP contribution >= 0.6 is 0 Å². The summed E-state index contributed by atoms with van der Waals surface area (Å²) in [5.74, 6) is 2.29. The van der Waals surface area contributed by atoms with Crippen molar-refractivity contribution in [3.05, 3.63) is 59.5 Å². The lowest BCUT2D eigenvalue weighted by Crippen LogP contribution is -2.48. The molecular formula is C29H40N3O5. The lowest BCUT2D eigenvalue weighted by atomic mass is 9.81. The van der Waals surface area contributed by atoms with Crippen LogP contribution < -0.4 is 25.4 Å². The number of amides is 1. The van der Waals surface area contributed by atoms with Crippen LogP contribution in [0, 0.1) is 5.92 Å². The summed E-state index contributed by atoms with van der Waals surface area (Å²) in [6.07, 6.45) is 2.45. The molecule has 0 unspecified atom stereocenters. The third kappa shape index (κ3) is 7.15. The zero-order valence-electron chi connectivity index (χ0n) is 22.2. The molecule has 2 aromatic rings. The molecule has 0 spiro atoms. The van der Waals surface area contributed by atoms with Crippen molar-refractivity contribution in [2.75, 3.05) is 52.0 Å². The number of benzene rings is 2. The molecule has 1 saturated heterocycles. The third-order valence-corrected chi connectivity index (χ3v) is 7.34. The Labute approximate surface area is 220 Å². The second kappa shape index (κ2) is 13.1. The van der Waals surface area contributed by atoms with Crippen LogP contribution in [0.4, 0.5) is 5.69 Å². The van der Waals surface area contributed by atoms with Crippen LogP contribution in [0.3, 0.4) is 0 Å². The van der Waals surface area contributed by atoms with Crippen LogP contribution in [-0.4, -0.2) is 65.1 Å². The number of piperidine rings is 1. The van der Waals surface area contributed by atoms with Gasteiger partial charge >= 0.3 is 0 Å². The zero-order valence-corrected chi connectivity index (χ0v) is 22.2. The highest BCUT2D eigenvalue weighted by molar-refractivity contribution is 5.87. The molecule has 1 radical (unpaired) electrons. The van der Waals surface area contributed by atoms with Gasteiger partial charge in [0.1, 0.15) is 18.1 Å². The summed E-state index contributed by atoms with van der Waals surface area (Å²) < 4.78 is 23.0. The maximum absolute atomic E-state index is 11.6. The van der Waals surface area contributed by atoms with E-state index >= 15 is 0 Å². The van der Waals surface area contributed by atoms with Crippen LogP contribution in [0.25, 0.3) is 0 Å². The molecule has 2 aliphatic heterocycles. The molecule has 0 aromatic heterocycles. The van der Waals surface area contributed by atoms with Crippen molar-refractivity contribution in [3.8, 4) is 11.5 Å². The Morgan fingerprint density at radius 3 is 2.73 bits per heavy atom. The van der Waals surface area contributed by atoms with E-state index in [2.05, 4.69) is 40.5 Å². The number of primary amides is 1. The molecule has 0 bridgehead atoms. The first-order valence-corrected chi connectivity index (χ1v) is 13.1. The van der Waals surface area contributed by atoms with Gasteiger partial charge < -0.3 is 34.9 Å². The van der Waals surface area contributed by atoms with E-state index < -0.39 is 0 Å². The first-order valence-electron chi connectivity index (χ1n) is 13.1. The number of carbonyl (C=O) groups is 1. The van der Waals surface area contributed by atoms with Crippen molar-refractivity contribution in [2.45, 2.75) is 50.9 Å². The molecule has 0 aliphatic carbocycles. The number of ether oxygens (including phenoxy) is 4. The number of nitrogens with one attached hydrogen (secondary N) is 1. The molecule has 1 amide bonds. The van der Waals surface area contributed by atoms with Crippen molar-refractivity contribution in [2.24, 2.45) is 5.73 Å². The van der Waals surface area contributed by atoms with Crippen molar-refractivity contribution in [3.63, 3.8) is 0 Å². The van der Waals surface area contributed by atoms with Crippen molar-refractivity contribution in [1.29, 1.82) is 0 Å². The summed E-state index contributed by atoms with van der Waals surface area (Å²) >= 11 is 0. The Hall–Kier alpha value is -2.81. The fourth-order valence-electron chi connectivity index (χ4n) is 5.21. The number of nitrogens with zero attached hydrogens (tertiary/aromatic N) is 1. The highest BCUT2D eigenvalue weighted by atomic mass is 16.5. The predicted octanol–water partition coefficient (Wildman–Crippen LogP) is 3.43. The quantitative estimate of drug-likeness (QED) is 0.423. The molecule has 4 rings (SSSR count). The smallest absolute Gasteiger partial charge is 0.224 e. The van der Waals surface area contributed by atoms with Gasteiger partial charge in [0.25, 0.3) is 0 Å². The fourth-order valence-corrected chi connectivity index (χ4v) is 5.21. The summed E-state index contributed by atoms with van der Waals surface area (Å²) in [7, 11) is 3.41. The van der Waals surface area contributed by atoms with E-state index in [1.54, 1.807) is 14.2 Å². The summed E-state index contributed by atoms with van der Waals surface area (Å²) in [5, 5.41) is 3.58. The Balaban J connectivity index is 1.46. The molecule has 201 valence electrons. The normalized spacial score (nSPS) is 21.4. The number of fused-ring (bicyclic) bond motifs is 1. The van der Waals surface area contributed by atoms with Gasteiger partial charge in [-0.1, -0.05) is 18.2 Å². The van der Waals surface area contributed by atoms with Gasteiger partial charge in [-0.2, -0.15) is 0 Å². The SMILES string of the molecule is COCCCN1CCOc2ccc(CO[C@H]3CN[C@@H](C[C](C)C(N)=O)C[C@@H]3c3ccc(OC)cc3)cc21. The average molecular weight is 511 g/mol. The third-order valence-electron chi connectivity index (χ3n) is 7.34. The van der Waals surface area contributed by atoms with Crippen molar-refractivity contribution in [1.82, 2.24) is 5.32 Å². The molecule has 8 nitrogen and oxygen atoms in total. The van der Waals surface area contributed by atoms with Gasteiger partial charge in [0.15, 0.2) is 0 Å². The summed E-state index contributed by atoms with van der Waals surface area (Å²) in [6.45, 7) is 6.27. The molecule has 0 saturated carbocycles. The van der Waals surface area contributed by atoms with Gasteiger partial charge in [-0.25, -0.2) is 0 Å². The molecule has 8 heteroatoms. The molecule has 37 heavy (non-hydrogen) atoms. The molecule has 2 heterocycles. The van der Waals surface area contributed by atoms with Crippen LogP contribution in [0.2, 0.25) is 0 Å².